The lowest BCUT2D eigenvalue weighted by Gasteiger charge is -2.12. The first kappa shape index (κ1) is 13.5. The highest BCUT2D eigenvalue weighted by Crippen LogP contribution is 2.24. The van der Waals surface area contributed by atoms with Crippen LogP contribution in [0, 0.1) is 0 Å². The fraction of sp³-hybridized carbons (Fsp3) is 0.273. The van der Waals surface area contributed by atoms with Crippen LogP contribution in [-0.2, 0) is 16.0 Å². The van der Waals surface area contributed by atoms with Crippen molar-refractivity contribution in [2.24, 2.45) is 0 Å². The van der Waals surface area contributed by atoms with Gasteiger partial charge >= 0.3 is 5.97 Å². The summed E-state index contributed by atoms with van der Waals surface area (Å²) < 4.78 is 0. The van der Waals surface area contributed by atoms with Crippen molar-refractivity contribution in [2.75, 3.05) is 5.88 Å². The molecule has 0 amide bonds. The van der Waals surface area contributed by atoms with Gasteiger partial charge in [0.15, 0.2) is 11.9 Å². The molecule has 1 rings (SSSR count). The number of aliphatic carboxylic acids is 1. The molecule has 6 heteroatoms. The molecule has 0 saturated heterocycles. The highest BCUT2D eigenvalue weighted by atomic mass is 35.5. The summed E-state index contributed by atoms with van der Waals surface area (Å²) >= 11 is 5.35. The van der Waals surface area contributed by atoms with Gasteiger partial charge in [-0.3, -0.25) is 4.79 Å². The van der Waals surface area contributed by atoms with Crippen molar-refractivity contribution in [3.05, 3.63) is 29.3 Å². The molecule has 0 aliphatic carbocycles. The summed E-state index contributed by atoms with van der Waals surface area (Å²) in [7, 11) is 0. The number of carboxylic acid groups (broad SMARTS) is 1. The number of ketones is 1. The second-order valence-electron chi connectivity index (χ2n) is 3.47. The van der Waals surface area contributed by atoms with Gasteiger partial charge in [-0.05, 0) is 23.3 Å². The molecule has 0 saturated carbocycles. The highest BCUT2D eigenvalue weighted by Gasteiger charge is 2.21. The summed E-state index contributed by atoms with van der Waals surface area (Å²) in [5, 5.41) is 27.4. The fourth-order valence-electron chi connectivity index (χ4n) is 1.39. The lowest BCUT2D eigenvalue weighted by Crippen LogP contribution is -2.15. The number of benzene rings is 1. The van der Waals surface area contributed by atoms with Crippen molar-refractivity contribution in [2.45, 2.75) is 12.5 Å². The second kappa shape index (κ2) is 5.65. The first-order chi connectivity index (χ1) is 7.95. The Kier molecular flexibility index (Phi) is 4.48. The van der Waals surface area contributed by atoms with Gasteiger partial charge in [0.25, 0.3) is 0 Å². The van der Waals surface area contributed by atoms with Crippen LogP contribution in [0.25, 0.3) is 0 Å². The molecule has 0 fully saturated rings. The Bertz CT molecular complexity index is 443. The van der Waals surface area contributed by atoms with E-state index < -0.39 is 12.1 Å². The number of phenolic OH excluding ortho intramolecular Hbond substituents is 1. The van der Waals surface area contributed by atoms with Gasteiger partial charge < -0.3 is 15.3 Å². The Labute approximate surface area is 102 Å². The van der Waals surface area contributed by atoms with Crippen LogP contribution in [-0.4, -0.2) is 33.0 Å². The SMILES string of the molecule is O=C(CCl)Cc1ccc(O)cc1C(O)C(=O)O. The smallest absolute Gasteiger partial charge is 0.337 e. The Hall–Kier alpha value is -1.59. The maximum absolute atomic E-state index is 11.2. The van der Waals surface area contributed by atoms with Crippen molar-refractivity contribution in [3.8, 4) is 5.75 Å². The van der Waals surface area contributed by atoms with Crippen molar-refractivity contribution in [1.29, 1.82) is 0 Å². The van der Waals surface area contributed by atoms with Crippen molar-refractivity contribution >= 4 is 23.4 Å². The van der Waals surface area contributed by atoms with Crippen LogP contribution < -0.4 is 0 Å². The number of aromatic hydroxyl groups is 1. The Morgan fingerprint density at radius 3 is 2.53 bits per heavy atom. The third kappa shape index (κ3) is 3.44. The van der Waals surface area contributed by atoms with Crippen molar-refractivity contribution in [3.63, 3.8) is 0 Å². The van der Waals surface area contributed by atoms with E-state index >= 15 is 0 Å². The van der Waals surface area contributed by atoms with E-state index in [-0.39, 0.29) is 29.4 Å². The minimum Gasteiger partial charge on any atom is -0.508 e. The number of alkyl halides is 1. The molecule has 0 radical (unpaired) electrons. The minimum absolute atomic E-state index is 0.00373. The van der Waals surface area contributed by atoms with Crippen LogP contribution in [0.3, 0.4) is 0 Å². The molecule has 0 bridgehead atoms. The van der Waals surface area contributed by atoms with Crippen LogP contribution in [0.2, 0.25) is 0 Å². The summed E-state index contributed by atoms with van der Waals surface area (Å²) in [6, 6.07) is 3.83. The minimum atomic E-state index is -1.78. The molecule has 0 heterocycles. The number of rotatable bonds is 5. The van der Waals surface area contributed by atoms with Gasteiger partial charge in [0.05, 0.1) is 5.88 Å². The molecule has 5 nitrogen and oxygen atoms in total. The first-order valence-electron chi connectivity index (χ1n) is 4.76. The summed E-state index contributed by atoms with van der Waals surface area (Å²) in [5.41, 5.74) is 0.333. The third-order valence-corrected chi connectivity index (χ3v) is 2.49. The van der Waals surface area contributed by atoms with E-state index in [0.29, 0.717) is 5.56 Å². The lowest BCUT2D eigenvalue weighted by molar-refractivity contribution is -0.147. The average Bonchev–Trinajstić information content (AvgIpc) is 2.30. The average molecular weight is 259 g/mol. The molecule has 0 aliphatic rings. The molecule has 92 valence electrons. The van der Waals surface area contributed by atoms with Crippen LogP contribution >= 0.6 is 11.6 Å². The van der Waals surface area contributed by atoms with E-state index in [2.05, 4.69) is 0 Å². The van der Waals surface area contributed by atoms with Gasteiger partial charge in [0.2, 0.25) is 0 Å². The third-order valence-electron chi connectivity index (χ3n) is 2.19. The number of halogens is 1. The first-order valence-corrected chi connectivity index (χ1v) is 5.29. The van der Waals surface area contributed by atoms with Crippen LogP contribution in [0.5, 0.6) is 5.75 Å². The zero-order valence-electron chi connectivity index (χ0n) is 8.76. The molecule has 17 heavy (non-hydrogen) atoms. The van der Waals surface area contributed by atoms with Crippen LogP contribution in [0.4, 0.5) is 0 Å². The van der Waals surface area contributed by atoms with E-state index in [9.17, 15) is 19.8 Å². The Balaban J connectivity index is 3.12. The zero-order chi connectivity index (χ0) is 13.0. The van der Waals surface area contributed by atoms with Gasteiger partial charge in [-0.2, -0.15) is 0 Å². The molecule has 0 aromatic heterocycles. The van der Waals surface area contributed by atoms with E-state index in [0.717, 1.165) is 6.07 Å². The number of hydrogen-bond donors (Lipinski definition) is 3. The van der Waals surface area contributed by atoms with E-state index in [4.69, 9.17) is 16.7 Å². The number of Topliss-reactive ketones (excluding diaryl/α,β-unsaturated/α-hetero) is 1. The number of aliphatic hydroxyl groups is 1. The lowest BCUT2D eigenvalue weighted by atomic mass is 9.98. The fourth-order valence-corrected chi connectivity index (χ4v) is 1.49. The van der Waals surface area contributed by atoms with Gasteiger partial charge in [0, 0.05) is 6.42 Å². The number of carbonyl (C=O) groups is 2. The van der Waals surface area contributed by atoms with Crippen molar-refractivity contribution < 1.29 is 24.9 Å². The topological polar surface area (TPSA) is 94.8 Å². The number of phenols is 1. The number of aliphatic hydroxyl groups excluding tert-OH is 1. The summed E-state index contributed by atoms with van der Waals surface area (Å²) in [6.07, 6.45) is -1.86. The highest BCUT2D eigenvalue weighted by molar-refractivity contribution is 6.27. The largest absolute Gasteiger partial charge is 0.508 e. The molecular weight excluding hydrogens is 248 g/mol. The van der Waals surface area contributed by atoms with Gasteiger partial charge in [-0.15, -0.1) is 11.6 Å². The summed E-state index contributed by atoms with van der Waals surface area (Å²) in [5.74, 6) is -2.11. The van der Waals surface area contributed by atoms with Gasteiger partial charge in [-0.25, -0.2) is 4.79 Å². The second-order valence-corrected chi connectivity index (χ2v) is 3.74. The number of hydrogen-bond acceptors (Lipinski definition) is 4. The van der Waals surface area contributed by atoms with Crippen molar-refractivity contribution in [1.82, 2.24) is 0 Å². The number of carboxylic acids is 1. The predicted octanol–water partition coefficient (Wildman–Crippen LogP) is 0.861. The summed E-state index contributed by atoms with van der Waals surface area (Å²) in [6.45, 7) is 0. The molecule has 3 N–H and O–H groups in total. The van der Waals surface area contributed by atoms with E-state index in [1.807, 2.05) is 0 Å². The molecule has 1 unspecified atom stereocenters. The monoisotopic (exact) mass is 258 g/mol. The maximum Gasteiger partial charge on any atom is 0.337 e. The zero-order valence-corrected chi connectivity index (χ0v) is 9.52. The van der Waals surface area contributed by atoms with E-state index in [1.165, 1.54) is 12.1 Å². The molecule has 0 spiro atoms. The molecule has 0 aliphatic heterocycles. The quantitative estimate of drug-likeness (QED) is 0.681. The predicted molar refractivity (Wildman–Crippen MR) is 60.1 cm³/mol. The summed E-state index contributed by atoms with van der Waals surface area (Å²) in [4.78, 5) is 21.9. The van der Waals surface area contributed by atoms with E-state index in [1.54, 1.807) is 0 Å². The standard InChI is InChI=1S/C11H11ClO5/c12-5-8(14)3-6-1-2-7(13)4-9(6)10(15)11(16)17/h1-2,4,10,13,15H,3,5H2,(H,16,17). The van der Waals surface area contributed by atoms with Crippen LogP contribution in [0.1, 0.15) is 17.2 Å². The maximum atomic E-state index is 11.2. The van der Waals surface area contributed by atoms with Crippen LogP contribution in [0.15, 0.2) is 18.2 Å². The molecule has 1 aromatic carbocycles. The molecular formula is C11H11ClO5. The van der Waals surface area contributed by atoms with Gasteiger partial charge in [-0.1, -0.05) is 6.07 Å². The molecule has 1 aromatic rings. The Morgan fingerprint density at radius 2 is 2.00 bits per heavy atom. The normalized spacial score (nSPS) is 12.1. The Morgan fingerprint density at radius 1 is 1.35 bits per heavy atom. The van der Waals surface area contributed by atoms with Gasteiger partial charge in [0.1, 0.15) is 5.75 Å². The molecule has 1 atom stereocenters. The number of carbonyl (C=O) groups excluding carboxylic acids is 1.